The molecule has 0 fully saturated rings. The number of benzene rings is 2. The van der Waals surface area contributed by atoms with Crippen molar-refractivity contribution in [2.45, 2.75) is 11.8 Å². The second-order valence-corrected chi connectivity index (χ2v) is 4.84. The van der Waals surface area contributed by atoms with E-state index in [0.29, 0.717) is 6.42 Å². The molecule has 3 heteroatoms. The van der Waals surface area contributed by atoms with Crippen molar-refractivity contribution in [1.29, 1.82) is 0 Å². The first-order valence-corrected chi connectivity index (χ1v) is 6.37. The Bertz CT molecular complexity index is 646. The molecule has 0 aliphatic carbocycles. The largest absolute Gasteiger partial charge is 0.349 e. The molecule has 1 atom stereocenters. The van der Waals surface area contributed by atoms with Crippen molar-refractivity contribution in [3.05, 3.63) is 66.2 Å². The third-order valence-corrected chi connectivity index (χ3v) is 3.47. The second-order valence-electron chi connectivity index (χ2n) is 4.31. The zero-order valence-corrected chi connectivity index (χ0v) is 10.6. The Hall–Kier alpha value is -1.80. The lowest BCUT2D eigenvalue weighted by Gasteiger charge is -2.09. The van der Waals surface area contributed by atoms with Crippen LogP contribution in [0.4, 0.5) is 0 Å². The zero-order valence-electron chi connectivity index (χ0n) is 9.81. The van der Waals surface area contributed by atoms with E-state index in [0.717, 1.165) is 11.4 Å². The van der Waals surface area contributed by atoms with Gasteiger partial charge in [-0.3, -0.25) is 0 Å². The van der Waals surface area contributed by atoms with Gasteiger partial charge < -0.3 is 4.98 Å². The van der Waals surface area contributed by atoms with Crippen LogP contribution in [-0.4, -0.2) is 9.97 Å². The number of aromatic nitrogens is 2. The van der Waals surface area contributed by atoms with Crippen LogP contribution in [0.25, 0.3) is 10.8 Å². The number of halogens is 1. The first kappa shape index (κ1) is 11.3. The lowest BCUT2D eigenvalue weighted by atomic mass is 10.0. The van der Waals surface area contributed by atoms with Gasteiger partial charge in [-0.15, -0.1) is 11.6 Å². The summed E-state index contributed by atoms with van der Waals surface area (Å²) in [4.78, 5) is 7.28. The van der Waals surface area contributed by atoms with E-state index >= 15 is 0 Å². The topological polar surface area (TPSA) is 28.7 Å². The van der Waals surface area contributed by atoms with Gasteiger partial charge in [-0.25, -0.2) is 4.98 Å². The predicted octanol–water partition coefficient (Wildman–Crippen LogP) is 4.09. The minimum absolute atomic E-state index is 0.0549. The highest BCUT2D eigenvalue weighted by Crippen LogP contribution is 2.26. The molecule has 0 aliphatic rings. The summed E-state index contributed by atoms with van der Waals surface area (Å²) >= 11 is 6.44. The number of H-pyrrole nitrogens is 1. The molecule has 1 N–H and O–H groups in total. The number of fused-ring (bicyclic) bond motifs is 1. The first-order chi connectivity index (χ1) is 8.83. The standard InChI is InChI=1S/C15H13ClN2/c16-14(10-15-17-7-8-18-15)13-6-5-11-3-1-2-4-12(11)9-13/h1-9,14H,10H2,(H,17,18). The maximum Gasteiger partial charge on any atom is 0.107 e. The number of imidazole rings is 1. The fourth-order valence-electron chi connectivity index (χ4n) is 2.10. The first-order valence-electron chi connectivity index (χ1n) is 5.94. The Morgan fingerprint density at radius 3 is 2.72 bits per heavy atom. The molecule has 3 rings (SSSR count). The SMILES string of the molecule is ClC(Cc1ncc[nH]1)c1ccc2ccccc2c1. The Morgan fingerprint density at radius 1 is 1.11 bits per heavy atom. The van der Waals surface area contributed by atoms with Crippen LogP contribution in [0, 0.1) is 0 Å². The molecule has 0 radical (unpaired) electrons. The van der Waals surface area contributed by atoms with Crippen molar-refractivity contribution >= 4 is 22.4 Å². The average Bonchev–Trinajstić information content (AvgIpc) is 2.91. The van der Waals surface area contributed by atoms with Gasteiger partial charge in [0.05, 0.1) is 5.38 Å². The molecule has 18 heavy (non-hydrogen) atoms. The molecule has 90 valence electrons. The summed E-state index contributed by atoms with van der Waals surface area (Å²) in [5.74, 6) is 0.920. The summed E-state index contributed by atoms with van der Waals surface area (Å²) in [6.07, 6.45) is 4.28. The van der Waals surface area contributed by atoms with Crippen molar-refractivity contribution in [1.82, 2.24) is 9.97 Å². The summed E-state index contributed by atoms with van der Waals surface area (Å²) in [7, 11) is 0. The fourth-order valence-corrected chi connectivity index (χ4v) is 2.38. The second kappa shape index (κ2) is 4.83. The maximum absolute atomic E-state index is 6.44. The highest BCUT2D eigenvalue weighted by Gasteiger charge is 2.10. The van der Waals surface area contributed by atoms with Crippen molar-refractivity contribution in [3.63, 3.8) is 0 Å². The fraction of sp³-hybridized carbons (Fsp3) is 0.133. The van der Waals surface area contributed by atoms with E-state index in [-0.39, 0.29) is 5.38 Å². The predicted molar refractivity (Wildman–Crippen MR) is 74.8 cm³/mol. The molecule has 1 heterocycles. The van der Waals surface area contributed by atoms with E-state index in [9.17, 15) is 0 Å². The van der Waals surface area contributed by atoms with E-state index in [1.54, 1.807) is 6.20 Å². The Kier molecular flexibility index (Phi) is 3.03. The van der Waals surface area contributed by atoms with Crippen LogP contribution < -0.4 is 0 Å². The molecule has 0 spiro atoms. The molecule has 2 aromatic carbocycles. The van der Waals surface area contributed by atoms with Crippen molar-refractivity contribution < 1.29 is 0 Å². The van der Waals surface area contributed by atoms with E-state index in [2.05, 4.69) is 40.3 Å². The van der Waals surface area contributed by atoms with Crippen molar-refractivity contribution in [2.24, 2.45) is 0 Å². The maximum atomic E-state index is 6.44. The number of alkyl halides is 1. The Labute approximate surface area is 111 Å². The monoisotopic (exact) mass is 256 g/mol. The average molecular weight is 257 g/mol. The van der Waals surface area contributed by atoms with Crippen molar-refractivity contribution in [3.8, 4) is 0 Å². The molecule has 1 unspecified atom stereocenters. The van der Waals surface area contributed by atoms with Crippen LogP contribution >= 0.6 is 11.6 Å². The quantitative estimate of drug-likeness (QED) is 0.703. The summed E-state index contributed by atoms with van der Waals surface area (Å²) in [5.41, 5.74) is 1.13. The van der Waals surface area contributed by atoms with Crippen LogP contribution in [0.1, 0.15) is 16.8 Å². The van der Waals surface area contributed by atoms with Crippen molar-refractivity contribution in [2.75, 3.05) is 0 Å². The van der Waals surface area contributed by atoms with Gasteiger partial charge in [0.15, 0.2) is 0 Å². The lowest BCUT2D eigenvalue weighted by molar-refractivity contribution is 0.856. The summed E-state index contributed by atoms with van der Waals surface area (Å²) < 4.78 is 0. The van der Waals surface area contributed by atoms with Gasteiger partial charge in [-0.05, 0) is 22.4 Å². The van der Waals surface area contributed by atoms with Gasteiger partial charge in [0.25, 0.3) is 0 Å². The molecule has 0 saturated heterocycles. The van der Waals surface area contributed by atoms with E-state index in [4.69, 9.17) is 11.6 Å². The third-order valence-electron chi connectivity index (χ3n) is 3.06. The third kappa shape index (κ3) is 2.24. The molecule has 2 nitrogen and oxygen atoms in total. The van der Waals surface area contributed by atoms with Crippen LogP contribution in [0.15, 0.2) is 54.9 Å². The lowest BCUT2D eigenvalue weighted by Crippen LogP contribution is -1.97. The van der Waals surface area contributed by atoms with Gasteiger partial charge in [0, 0.05) is 18.8 Å². The normalized spacial score (nSPS) is 12.7. The minimum Gasteiger partial charge on any atom is -0.349 e. The number of hydrogen-bond donors (Lipinski definition) is 1. The number of aromatic amines is 1. The van der Waals surface area contributed by atoms with E-state index < -0.39 is 0 Å². The number of nitrogens with zero attached hydrogens (tertiary/aromatic N) is 1. The minimum atomic E-state index is -0.0549. The summed E-state index contributed by atoms with van der Waals surface area (Å²) in [6, 6.07) is 14.6. The molecule has 3 aromatic rings. The summed E-state index contributed by atoms with van der Waals surface area (Å²) in [5, 5.41) is 2.41. The number of rotatable bonds is 3. The van der Waals surface area contributed by atoms with Gasteiger partial charge in [0.1, 0.15) is 5.82 Å². The Morgan fingerprint density at radius 2 is 1.94 bits per heavy atom. The summed E-state index contributed by atoms with van der Waals surface area (Å²) in [6.45, 7) is 0. The van der Waals surface area contributed by atoms with Gasteiger partial charge >= 0.3 is 0 Å². The van der Waals surface area contributed by atoms with Crippen LogP contribution in [0.5, 0.6) is 0 Å². The number of hydrogen-bond acceptors (Lipinski definition) is 1. The van der Waals surface area contributed by atoms with Gasteiger partial charge in [-0.2, -0.15) is 0 Å². The van der Waals surface area contributed by atoms with Crippen LogP contribution in [0.2, 0.25) is 0 Å². The van der Waals surface area contributed by atoms with Crippen LogP contribution in [-0.2, 0) is 6.42 Å². The molecule has 0 saturated carbocycles. The van der Waals surface area contributed by atoms with Gasteiger partial charge in [0.2, 0.25) is 0 Å². The zero-order chi connectivity index (χ0) is 12.4. The molecule has 0 amide bonds. The van der Waals surface area contributed by atoms with Gasteiger partial charge in [-0.1, -0.05) is 36.4 Å². The Balaban J connectivity index is 1.89. The molecule has 0 aliphatic heterocycles. The van der Waals surface area contributed by atoms with E-state index in [1.165, 1.54) is 10.8 Å². The highest BCUT2D eigenvalue weighted by molar-refractivity contribution is 6.21. The highest BCUT2D eigenvalue weighted by atomic mass is 35.5. The van der Waals surface area contributed by atoms with Crippen LogP contribution in [0.3, 0.4) is 0 Å². The molecule has 1 aromatic heterocycles. The molecule has 0 bridgehead atoms. The number of nitrogens with one attached hydrogen (secondary N) is 1. The molecular formula is C15H13ClN2. The van der Waals surface area contributed by atoms with E-state index in [1.807, 2.05) is 18.3 Å². The smallest absolute Gasteiger partial charge is 0.107 e. The molecular weight excluding hydrogens is 244 g/mol.